The highest BCUT2D eigenvalue weighted by Gasteiger charge is 2.30. The molecule has 0 radical (unpaired) electrons. The summed E-state index contributed by atoms with van der Waals surface area (Å²) in [6.45, 7) is 39.5. The Hall–Kier alpha value is -3.22. The summed E-state index contributed by atoms with van der Waals surface area (Å²) in [7, 11) is 0. The number of hydrogen-bond acceptors (Lipinski definition) is 6. The standard InChI is InChI=1S/C58H84O4S2/c1-17-21-25-59-51-39-29-40-32-44(56(8,9)10)37-49(52(40)60-26-22-18-2)64-50-38-46(58(14,15)16)34-42(54(50)62-28-24-20-4)30-41-33-45(57(11,12)13)36-48(53(41)61-27-23-19-3)63-47(51)35-43(31-39)55(5,6)7/h31-38H,17-30H2,1-16H3. The van der Waals surface area contributed by atoms with Crippen molar-refractivity contribution in [3.63, 3.8) is 0 Å². The Bertz CT molecular complexity index is 1770. The maximum atomic E-state index is 7.05. The SMILES string of the molecule is CCCCOc1c2cc(C(C)(C)C)cc1Sc1cc(C(C)(C)C)cc(c1OCCCC)Cc1cc(C(C)(C)C)cc(c1OCCCC)Sc1cc(C(C)(C)C)cc(c1OCCCC)C2. The summed E-state index contributed by atoms with van der Waals surface area (Å²) in [4.78, 5) is 4.55. The van der Waals surface area contributed by atoms with E-state index in [2.05, 4.69) is 159 Å². The van der Waals surface area contributed by atoms with E-state index in [9.17, 15) is 0 Å². The molecule has 352 valence electrons. The highest BCUT2D eigenvalue weighted by Crippen LogP contribution is 2.51. The summed E-state index contributed by atoms with van der Waals surface area (Å²) in [5.41, 5.74) is 9.58. The Morgan fingerprint density at radius 1 is 0.344 bits per heavy atom. The molecular formula is C58H84O4S2. The topological polar surface area (TPSA) is 36.9 Å². The summed E-state index contributed by atoms with van der Waals surface area (Å²) in [5, 5.41) is 0. The predicted molar refractivity (Wildman–Crippen MR) is 276 cm³/mol. The van der Waals surface area contributed by atoms with E-state index in [0.717, 1.165) is 93.9 Å². The van der Waals surface area contributed by atoms with Crippen LogP contribution in [0.25, 0.3) is 0 Å². The highest BCUT2D eigenvalue weighted by atomic mass is 32.2. The Morgan fingerprint density at radius 2 is 0.547 bits per heavy atom. The van der Waals surface area contributed by atoms with Gasteiger partial charge in [0.1, 0.15) is 23.0 Å². The zero-order valence-corrected chi connectivity index (χ0v) is 44.6. The van der Waals surface area contributed by atoms with Crippen molar-refractivity contribution in [2.24, 2.45) is 0 Å². The molecule has 4 nitrogen and oxygen atoms in total. The first-order valence-electron chi connectivity index (χ1n) is 24.6. The maximum Gasteiger partial charge on any atom is 0.136 e. The molecular weight excluding hydrogens is 825 g/mol. The second kappa shape index (κ2) is 22.1. The summed E-state index contributed by atoms with van der Waals surface area (Å²) >= 11 is 3.64. The van der Waals surface area contributed by atoms with Gasteiger partial charge in [-0.2, -0.15) is 0 Å². The van der Waals surface area contributed by atoms with Gasteiger partial charge in [0.15, 0.2) is 0 Å². The Kier molecular flexibility index (Phi) is 17.8. The maximum absolute atomic E-state index is 7.05. The molecule has 0 atom stereocenters. The van der Waals surface area contributed by atoms with Crippen molar-refractivity contribution in [3.05, 3.63) is 93.0 Å². The van der Waals surface area contributed by atoms with E-state index < -0.39 is 0 Å². The first-order chi connectivity index (χ1) is 30.1. The van der Waals surface area contributed by atoms with E-state index in [-0.39, 0.29) is 21.7 Å². The monoisotopic (exact) mass is 909 g/mol. The number of ether oxygens (including phenoxy) is 4. The molecule has 8 bridgehead atoms. The minimum Gasteiger partial charge on any atom is -0.492 e. The third-order valence-electron chi connectivity index (χ3n) is 12.2. The van der Waals surface area contributed by atoms with Gasteiger partial charge in [-0.1, -0.05) is 184 Å². The van der Waals surface area contributed by atoms with Gasteiger partial charge in [0.2, 0.25) is 0 Å². The molecule has 4 aromatic carbocycles. The van der Waals surface area contributed by atoms with Gasteiger partial charge >= 0.3 is 0 Å². The van der Waals surface area contributed by atoms with Gasteiger partial charge in [-0.15, -0.1) is 0 Å². The lowest BCUT2D eigenvalue weighted by Crippen LogP contribution is -2.16. The van der Waals surface area contributed by atoms with Crippen molar-refractivity contribution in [2.45, 2.75) is 216 Å². The molecule has 0 saturated carbocycles. The zero-order chi connectivity index (χ0) is 47.0. The third kappa shape index (κ3) is 13.5. The second-order valence-corrected chi connectivity index (χ2v) is 24.4. The second-order valence-electron chi connectivity index (χ2n) is 22.2. The molecule has 1 aliphatic rings. The molecule has 5 rings (SSSR count). The predicted octanol–water partition coefficient (Wildman–Crippen LogP) is 17.4. The van der Waals surface area contributed by atoms with Crippen molar-refractivity contribution in [1.82, 2.24) is 0 Å². The fourth-order valence-electron chi connectivity index (χ4n) is 7.78. The molecule has 64 heavy (non-hydrogen) atoms. The van der Waals surface area contributed by atoms with Crippen LogP contribution in [0.15, 0.2) is 68.1 Å². The van der Waals surface area contributed by atoms with Gasteiger partial charge in [-0.05, 0) is 93.9 Å². The summed E-state index contributed by atoms with van der Waals surface area (Å²) in [5.74, 6) is 3.90. The van der Waals surface area contributed by atoms with Crippen LogP contribution in [-0.4, -0.2) is 26.4 Å². The minimum atomic E-state index is -0.0951. The quantitative estimate of drug-likeness (QED) is 0.0918. The average Bonchev–Trinajstić information content (AvgIpc) is 3.19. The van der Waals surface area contributed by atoms with E-state index in [0.29, 0.717) is 39.3 Å². The lowest BCUT2D eigenvalue weighted by Gasteiger charge is -2.29. The first-order valence-corrected chi connectivity index (χ1v) is 26.3. The third-order valence-corrected chi connectivity index (χ3v) is 14.3. The average molecular weight is 909 g/mol. The van der Waals surface area contributed by atoms with Crippen LogP contribution in [0, 0.1) is 0 Å². The lowest BCUT2D eigenvalue weighted by molar-refractivity contribution is 0.294. The number of benzene rings is 4. The largest absolute Gasteiger partial charge is 0.492 e. The van der Waals surface area contributed by atoms with E-state index in [1.807, 2.05) is 23.5 Å². The van der Waals surface area contributed by atoms with Crippen molar-refractivity contribution in [2.75, 3.05) is 26.4 Å². The van der Waals surface area contributed by atoms with E-state index >= 15 is 0 Å². The lowest BCUT2D eigenvalue weighted by atomic mass is 9.83. The van der Waals surface area contributed by atoms with Crippen molar-refractivity contribution >= 4 is 23.5 Å². The normalized spacial score (nSPS) is 13.5. The van der Waals surface area contributed by atoms with Crippen molar-refractivity contribution < 1.29 is 18.9 Å². The number of fused-ring (bicyclic) bond motifs is 8. The van der Waals surface area contributed by atoms with Gasteiger partial charge in [-0.3, -0.25) is 0 Å². The van der Waals surface area contributed by atoms with E-state index in [4.69, 9.17) is 18.9 Å². The molecule has 4 aromatic rings. The van der Waals surface area contributed by atoms with Gasteiger partial charge in [0, 0.05) is 35.1 Å². The summed E-state index contributed by atoms with van der Waals surface area (Å²) < 4.78 is 28.2. The molecule has 1 aliphatic heterocycles. The molecule has 0 N–H and O–H groups in total. The van der Waals surface area contributed by atoms with Crippen LogP contribution in [0.4, 0.5) is 0 Å². The molecule has 1 heterocycles. The van der Waals surface area contributed by atoms with Crippen LogP contribution >= 0.6 is 23.5 Å². The number of unbranched alkanes of at least 4 members (excludes halogenated alkanes) is 4. The fourth-order valence-corrected chi connectivity index (χ4v) is 10.1. The smallest absolute Gasteiger partial charge is 0.136 e. The molecule has 6 heteroatoms. The molecule has 0 unspecified atom stereocenters. The van der Waals surface area contributed by atoms with Crippen molar-refractivity contribution in [1.29, 1.82) is 0 Å². The Morgan fingerprint density at radius 3 is 0.719 bits per heavy atom. The first kappa shape index (κ1) is 51.8. The van der Waals surface area contributed by atoms with Gasteiger partial charge < -0.3 is 18.9 Å². The molecule has 0 amide bonds. The minimum absolute atomic E-state index is 0.0951. The summed E-state index contributed by atoms with van der Waals surface area (Å²) in [6, 6.07) is 19.3. The van der Waals surface area contributed by atoms with Crippen LogP contribution < -0.4 is 18.9 Å². The van der Waals surface area contributed by atoms with Gasteiger partial charge in [0.05, 0.1) is 46.0 Å². The van der Waals surface area contributed by atoms with Gasteiger partial charge in [0.25, 0.3) is 0 Å². The number of hydrogen-bond donors (Lipinski definition) is 0. The highest BCUT2D eigenvalue weighted by molar-refractivity contribution is 7.99. The molecule has 0 aliphatic carbocycles. The van der Waals surface area contributed by atoms with Crippen LogP contribution in [0.5, 0.6) is 23.0 Å². The van der Waals surface area contributed by atoms with E-state index in [1.165, 1.54) is 44.5 Å². The fraction of sp³-hybridized carbons (Fsp3) is 0.586. The molecule has 0 saturated heterocycles. The Balaban J connectivity index is 2.01. The van der Waals surface area contributed by atoms with E-state index in [1.54, 1.807) is 0 Å². The molecule has 0 fully saturated rings. The van der Waals surface area contributed by atoms with Crippen LogP contribution in [0.1, 0.15) is 207 Å². The summed E-state index contributed by atoms with van der Waals surface area (Å²) in [6.07, 6.45) is 9.57. The van der Waals surface area contributed by atoms with Gasteiger partial charge in [-0.25, -0.2) is 0 Å². The zero-order valence-electron chi connectivity index (χ0n) is 43.0. The van der Waals surface area contributed by atoms with Crippen LogP contribution in [0.2, 0.25) is 0 Å². The number of rotatable bonds is 16. The van der Waals surface area contributed by atoms with Crippen molar-refractivity contribution in [3.8, 4) is 23.0 Å². The molecule has 0 aromatic heterocycles. The van der Waals surface area contributed by atoms with Crippen LogP contribution in [0.3, 0.4) is 0 Å². The molecule has 0 spiro atoms. The van der Waals surface area contributed by atoms with Crippen LogP contribution in [-0.2, 0) is 34.5 Å². The Labute approximate surface area is 399 Å².